The molecule has 1 amide bonds. The van der Waals surface area contributed by atoms with Gasteiger partial charge in [0.25, 0.3) is 11.7 Å². The Bertz CT molecular complexity index is 985. The molecule has 5 rings (SSSR count). The minimum absolute atomic E-state index is 0.0194. The SMILES string of the molecule is O=C1C(=O)N(C2CCCCC2)C(c2ccco2)/C1=C(/O)c1ccc2c(c1)CCO2. The lowest BCUT2D eigenvalue weighted by Crippen LogP contribution is -2.40. The molecule has 1 unspecified atom stereocenters. The first kappa shape index (κ1) is 18.0. The molecule has 6 nitrogen and oxygen atoms in total. The van der Waals surface area contributed by atoms with Crippen molar-refractivity contribution in [2.24, 2.45) is 0 Å². The van der Waals surface area contributed by atoms with E-state index in [2.05, 4.69) is 0 Å². The van der Waals surface area contributed by atoms with E-state index in [9.17, 15) is 14.7 Å². The van der Waals surface area contributed by atoms with Gasteiger partial charge in [-0.25, -0.2) is 0 Å². The lowest BCUT2D eigenvalue weighted by Gasteiger charge is -2.34. The van der Waals surface area contributed by atoms with Gasteiger partial charge in [0.1, 0.15) is 23.3 Å². The molecule has 150 valence electrons. The number of ketones is 1. The molecule has 0 bridgehead atoms. The first-order chi connectivity index (χ1) is 14.1. The number of nitrogens with zero attached hydrogens (tertiary/aromatic N) is 1. The summed E-state index contributed by atoms with van der Waals surface area (Å²) in [6.45, 7) is 0.609. The largest absolute Gasteiger partial charge is 0.507 e. The molecular weight excluding hydrogens is 370 g/mol. The second-order valence-corrected chi connectivity index (χ2v) is 7.93. The van der Waals surface area contributed by atoms with Crippen molar-refractivity contribution in [1.29, 1.82) is 0 Å². The highest BCUT2D eigenvalue weighted by Gasteiger charge is 2.50. The molecule has 3 heterocycles. The number of amides is 1. The van der Waals surface area contributed by atoms with E-state index in [0.717, 1.165) is 49.8 Å². The van der Waals surface area contributed by atoms with E-state index in [0.29, 0.717) is 17.9 Å². The van der Waals surface area contributed by atoms with Crippen LogP contribution in [0.5, 0.6) is 5.75 Å². The van der Waals surface area contributed by atoms with Crippen LogP contribution in [0, 0.1) is 0 Å². The molecule has 29 heavy (non-hydrogen) atoms. The molecular formula is C23H23NO5. The van der Waals surface area contributed by atoms with Crippen molar-refractivity contribution >= 4 is 17.4 Å². The van der Waals surface area contributed by atoms with Crippen molar-refractivity contribution in [1.82, 2.24) is 4.90 Å². The summed E-state index contributed by atoms with van der Waals surface area (Å²) in [5.41, 5.74) is 1.62. The maximum atomic E-state index is 13.0. The number of carbonyl (C=O) groups excluding carboxylic acids is 2. The summed E-state index contributed by atoms with van der Waals surface area (Å²) >= 11 is 0. The maximum Gasteiger partial charge on any atom is 0.296 e. The molecule has 1 saturated carbocycles. The number of fused-ring (bicyclic) bond motifs is 1. The smallest absolute Gasteiger partial charge is 0.296 e. The molecule has 0 spiro atoms. The van der Waals surface area contributed by atoms with Crippen LogP contribution in [0.15, 0.2) is 46.6 Å². The molecule has 3 aliphatic rings. The van der Waals surface area contributed by atoms with Gasteiger partial charge in [-0.1, -0.05) is 19.3 Å². The fourth-order valence-corrected chi connectivity index (χ4v) is 4.80. The number of likely N-dealkylation sites (tertiary alicyclic amines) is 1. The van der Waals surface area contributed by atoms with E-state index in [1.165, 1.54) is 6.26 Å². The summed E-state index contributed by atoms with van der Waals surface area (Å²) in [5.74, 6) is -0.0547. The fourth-order valence-electron chi connectivity index (χ4n) is 4.80. The number of ether oxygens (including phenoxy) is 1. The minimum atomic E-state index is -0.697. The molecule has 2 aromatic rings. The van der Waals surface area contributed by atoms with Crippen LogP contribution in [-0.4, -0.2) is 34.3 Å². The van der Waals surface area contributed by atoms with E-state index >= 15 is 0 Å². The molecule has 1 aliphatic carbocycles. The molecule has 1 N–H and O–H groups in total. The summed E-state index contributed by atoms with van der Waals surface area (Å²) in [4.78, 5) is 27.7. The van der Waals surface area contributed by atoms with Gasteiger partial charge in [0.2, 0.25) is 0 Å². The van der Waals surface area contributed by atoms with Gasteiger partial charge in [0.05, 0.1) is 18.4 Å². The third-order valence-corrected chi connectivity index (χ3v) is 6.22. The van der Waals surface area contributed by atoms with Gasteiger partial charge in [-0.05, 0) is 48.7 Å². The number of Topliss-reactive ketones (excluding diaryl/α,β-unsaturated/α-hetero) is 1. The van der Waals surface area contributed by atoms with Crippen LogP contribution < -0.4 is 4.74 Å². The Kier molecular flexibility index (Phi) is 4.42. The second-order valence-electron chi connectivity index (χ2n) is 7.93. The molecule has 2 fully saturated rings. The van der Waals surface area contributed by atoms with E-state index < -0.39 is 17.7 Å². The van der Waals surface area contributed by atoms with Crippen LogP contribution >= 0.6 is 0 Å². The summed E-state index contributed by atoms with van der Waals surface area (Å²) < 4.78 is 11.1. The molecule has 1 aromatic carbocycles. The van der Waals surface area contributed by atoms with Crippen LogP contribution in [-0.2, 0) is 16.0 Å². The number of hydrogen-bond acceptors (Lipinski definition) is 5. The Labute approximate surface area is 168 Å². The van der Waals surface area contributed by atoms with Gasteiger partial charge < -0.3 is 19.2 Å². The van der Waals surface area contributed by atoms with Crippen LogP contribution in [0.4, 0.5) is 0 Å². The third-order valence-electron chi connectivity index (χ3n) is 6.22. The van der Waals surface area contributed by atoms with Gasteiger partial charge in [0, 0.05) is 18.0 Å². The highest BCUT2D eigenvalue weighted by Crippen LogP contribution is 2.43. The van der Waals surface area contributed by atoms with Crippen molar-refractivity contribution in [2.75, 3.05) is 6.61 Å². The fraction of sp³-hybridized carbons (Fsp3) is 0.391. The number of aliphatic hydroxyl groups is 1. The van der Waals surface area contributed by atoms with Crippen molar-refractivity contribution in [2.45, 2.75) is 50.6 Å². The average molecular weight is 393 g/mol. The van der Waals surface area contributed by atoms with E-state index in [1.807, 2.05) is 6.07 Å². The summed E-state index contributed by atoms with van der Waals surface area (Å²) in [7, 11) is 0. The number of carbonyl (C=O) groups is 2. The van der Waals surface area contributed by atoms with Crippen LogP contribution in [0.3, 0.4) is 0 Å². The quantitative estimate of drug-likeness (QED) is 0.485. The first-order valence-electron chi connectivity index (χ1n) is 10.2. The topological polar surface area (TPSA) is 80.0 Å². The predicted molar refractivity (Wildman–Crippen MR) is 105 cm³/mol. The Morgan fingerprint density at radius 1 is 1.10 bits per heavy atom. The summed E-state index contributed by atoms with van der Waals surface area (Å²) in [6, 6.07) is 8.15. The summed E-state index contributed by atoms with van der Waals surface area (Å²) in [5, 5.41) is 11.1. The van der Waals surface area contributed by atoms with Gasteiger partial charge in [0.15, 0.2) is 0 Å². The van der Waals surface area contributed by atoms with Gasteiger partial charge in [-0.2, -0.15) is 0 Å². The molecule has 1 atom stereocenters. The highest BCUT2D eigenvalue weighted by molar-refractivity contribution is 6.46. The Morgan fingerprint density at radius 2 is 1.93 bits per heavy atom. The van der Waals surface area contributed by atoms with E-state index in [1.54, 1.807) is 29.2 Å². The number of furan rings is 1. The van der Waals surface area contributed by atoms with Gasteiger partial charge in [-0.15, -0.1) is 0 Å². The Hall–Kier alpha value is -3.02. The lowest BCUT2D eigenvalue weighted by molar-refractivity contribution is -0.142. The van der Waals surface area contributed by atoms with Gasteiger partial charge >= 0.3 is 0 Å². The van der Waals surface area contributed by atoms with Crippen molar-refractivity contribution in [3.8, 4) is 5.75 Å². The standard InChI is InChI=1S/C23H23NO5/c25-21(15-8-9-17-14(13-15)10-12-29-17)19-20(18-7-4-11-28-18)24(23(27)22(19)26)16-5-2-1-3-6-16/h4,7-9,11,13,16,20,25H,1-3,5-6,10,12H2/b21-19-. The van der Waals surface area contributed by atoms with Gasteiger partial charge in [-0.3, -0.25) is 9.59 Å². The third kappa shape index (κ3) is 2.94. The van der Waals surface area contributed by atoms with Crippen molar-refractivity contribution in [3.05, 3.63) is 59.1 Å². The second kappa shape index (κ2) is 7.10. The minimum Gasteiger partial charge on any atom is -0.507 e. The lowest BCUT2D eigenvalue weighted by atomic mass is 9.92. The molecule has 0 radical (unpaired) electrons. The van der Waals surface area contributed by atoms with Crippen molar-refractivity contribution < 1.29 is 23.8 Å². The Morgan fingerprint density at radius 3 is 2.69 bits per heavy atom. The zero-order valence-electron chi connectivity index (χ0n) is 16.1. The molecule has 6 heteroatoms. The monoisotopic (exact) mass is 393 g/mol. The molecule has 1 saturated heterocycles. The zero-order valence-corrected chi connectivity index (χ0v) is 16.1. The average Bonchev–Trinajstić information content (AvgIpc) is 3.48. The predicted octanol–water partition coefficient (Wildman–Crippen LogP) is 3.97. The van der Waals surface area contributed by atoms with E-state index in [4.69, 9.17) is 9.15 Å². The van der Waals surface area contributed by atoms with Crippen LogP contribution in [0.25, 0.3) is 5.76 Å². The normalized spacial score (nSPS) is 24.0. The number of rotatable bonds is 3. The van der Waals surface area contributed by atoms with Crippen LogP contribution in [0.2, 0.25) is 0 Å². The number of benzene rings is 1. The van der Waals surface area contributed by atoms with E-state index in [-0.39, 0.29) is 17.4 Å². The Balaban J connectivity index is 1.62. The molecule has 1 aromatic heterocycles. The van der Waals surface area contributed by atoms with Crippen LogP contribution in [0.1, 0.15) is 55.0 Å². The highest BCUT2D eigenvalue weighted by atomic mass is 16.5. The summed E-state index contributed by atoms with van der Waals surface area (Å²) in [6.07, 6.45) is 7.22. The zero-order chi connectivity index (χ0) is 20.0. The number of aliphatic hydroxyl groups excluding tert-OH is 1. The molecule has 2 aliphatic heterocycles. The van der Waals surface area contributed by atoms with Crippen molar-refractivity contribution in [3.63, 3.8) is 0 Å². The number of hydrogen-bond donors (Lipinski definition) is 1. The first-order valence-corrected chi connectivity index (χ1v) is 10.2. The maximum absolute atomic E-state index is 13.0.